The maximum atomic E-state index is 11.6. The summed E-state index contributed by atoms with van der Waals surface area (Å²) in [5, 5.41) is 21.7. The zero-order valence-electron chi connectivity index (χ0n) is 13.0. The third kappa shape index (κ3) is 4.29. The van der Waals surface area contributed by atoms with Crippen molar-refractivity contribution in [2.75, 3.05) is 6.61 Å². The molecule has 3 unspecified atom stereocenters. The minimum absolute atomic E-state index is 0.140. The van der Waals surface area contributed by atoms with Crippen LogP contribution >= 0.6 is 11.8 Å². The number of aliphatic hydroxyl groups excluding tert-OH is 2. The molecule has 1 aliphatic heterocycles. The summed E-state index contributed by atoms with van der Waals surface area (Å²) in [6.45, 7) is 0.177. The summed E-state index contributed by atoms with van der Waals surface area (Å²) >= 11 is 1.22. The Hall–Kier alpha value is -2.02. The minimum Gasteiger partial charge on any atom is -0.491 e. The lowest BCUT2D eigenvalue weighted by Gasteiger charge is -2.13. The molecule has 2 aromatic carbocycles. The number of thioether (sulfide) groups is 1. The van der Waals surface area contributed by atoms with Crippen molar-refractivity contribution < 1.29 is 19.7 Å². The molecule has 0 radical (unpaired) electrons. The fourth-order valence-electron chi connectivity index (χ4n) is 2.49. The van der Waals surface area contributed by atoms with Gasteiger partial charge in [0.2, 0.25) is 5.91 Å². The molecule has 0 aromatic heterocycles. The molecule has 5 nitrogen and oxygen atoms in total. The highest BCUT2D eigenvalue weighted by atomic mass is 32.2. The van der Waals surface area contributed by atoms with Crippen LogP contribution in [-0.2, 0) is 11.2 Å². The second-order valence-corrected chi connectivity index (χ2v) is 6.86. The Morgan fingerprint density at radius 2 is 1.83 bits per heavy atom. The van der Waals surface area contributed by atoms with Gasteiger partial charge in [-0.25, -0.2) is 0 Å². The van der Waals surface area contributed by atoms with E-state index in [1.54, 1.807) is 0 Å². The van der Waals surface area contributed by atoms with Crippen LogP contribution in [0.4, 0.5) is 0 Å². The van der Waals surface area contributed by atoms with Crippen LogP contribution in [0, 0.1) is 0 Å². The van der Waals surface area contributed by atoms with Crippen LogP contribution < -0.4 is 10.1 Å². The predicted octanol–water partition coefficient (Wildman–Crippen LogP) is 1.85. The molecule has 0 aliphatic carbocycles. The van der Waals surface area contributed by atoms with Gasteiger partial charge in [-0.05, 0) is 29.7 Å². The molecule has 6 heteroatoms. The van der Waals surface area contributed by atoms with Crippen molar-refractivity contribution in [1.29, 1.82) is 0 Å². The van der Waals surface area contributed by atoms with E-state index in [1.807, 2.05) is 54.6 Å². The highest BCUT2D eigenvalue weighted by molar-refractivity contribution is 8.01. The molecule has 3 N–H and O–H groups in total. The van der Waals surface area contributed by atoms with Crippen molar-refractivity contribution in [3.05, 3.63) is 65.7 Å². The summed E-state index contributed by atoms with van der Waals surface area (Å²) in [6, 6.07) is 16.8. The second-order valence-electron chi connectivity index (χ2n) is 5.57. The van der Waals surface area contributed by atoms with Crippen molar-refractivity contribution in [3.63, 3.8) is 0 Å². The summed E-state index contributed by atoms with van der Waals surface area (Å²) in [6.07, 6.45) is -0.119. The highest BCUT2D eigenvalue weighted by Gasteiger charge is 2.31. The van der Waals surface area contributed by atoms with E-state index in [1.165, 1.54) is 11.8 Å². The number of aliphatic hydroxyl groups is 2. The van der Waals surface area contributed by atoms with E-state index in [9.17, 15) is 15.0 Å². The summed E-state index contributed by atoms with van der Waals surface area (Å²) in [5.41, 5.74) is 0.995. The molecule has 3 rings (SSSR count). The maximum Gasteiger partial charge on any atom is 0.236 e. The number of amides is 1. The number of hydrogen-bond acceptors (Lipinski definition) is 5. The normalized spacial score (nSPS) is 21.3. The zero-order valence-corrected chi connectivity index (χ0v) is 13.8. The summed E-state index contributed by atoms with van der Waals surface area (Å²) in [4.78, 5) is 11.6. The van der Waals surface area contributed by atoms with E-state index in [0.717, 1.165) is 11.1 Å². The molecule has 0 spiro atoms. The molecule has 0 saturated carbocycles. The lowest BCUT2D eigenvalue weighted by molar-refractivity contribution is -0.121. The standard InChI is InChI=1S/C18H19NO4S/c20-15(13-4-2-1-3-5-13)11-23-14-8-6-12(7-9-14)10-16-17(21)19-18(22)24-16/h1-9,15-16,18,20,22H,10-11H2,(H,19,21). The van der Waals surface area contributed by atoms with E-state index in [4.69, 9.17) is 4.74 Å². The molecule has 1 saturated heterocycles. The number of nitrogens with one attached hydrogen (secondary N) is 1. The fourth-order valence-corrected chi connectivity index (χ4v) is 3.46. The average molecular weight is 345 g/mol. The number of carbonyl (C=O) groups is 1. The largest absolute Gasteiger partial charge is 0.491 e. The molecular weight excluding hydrogens is 326 g/mol. The lowest BCUT2D eigenvalue weighted by atomic mass is 10.1. The summed E-state index contributed by atoms with van der Waals surface area (Å²) in [7, 11) is 0. The van der Waals surface area contributed by atoms with Gasteiger partial charge in [-0.3, -0.25) is 4.79 Å². The van der Waals surface area contributed by atoms with Crippen LogP contribution in [-0.4, -0.2) is 33.5 Å². The first-order chi connectivity index (χ1) is 11.6. The number of ether oxygens (including phenoxy) is 1. The zero-order chi connectivity index (χ0) is 16.9. The Bertz CT molecular complexity index is 677. The third-order valence-electron chi connectivity index (χ3n) is 3.79. The average Bonchev–Trinajstić information content (AvgIpc) is 2.92. The fraction of sp³-hybridized carbons (Fsp3) is 0.278. The van der Waals surface area contributed by atoms with Gasteiger partial charge in [-0.15, -0.1) is 0 Å². The number of carbonyl (C=O) groups excluding carboxylic acids is 1. The van der Waals surface area contributed by atoms with Gasteiger partial charge in [-0.2, -0.15) is 0 Å². The molecule has 1 amide bonds. The van der Waals surface area contributed by atoms with Gasteiger partial charge in [0.25, 0.3) is 0 Å². The van der Waals surface area contributed by atoms with Crippen molar-refractivity contribution in [1.82, 2.24) is 5.32 Å². The SMILES string of the molecule is O=C1NC(O)SC1Cc1ccc(OCC(O)c2ccccc2)cc1. The molecule has 3 atom stereocenters. The first-order valence-corrected chi connectivity index (χ1v) is 8.65. The molecule has 2 aromatic rings. The van der Waals surface area contributed by atoms with Crippen molar-refractivity contribution in [2.24, 2.45) is 0 Å². The van der Waals surface area contributed by atoms with Crippen molar-refractivity contribution in [3.8, 4) is 5.75 Å². The first-order valence-electron chi connectivity index (χ1n) is 7.70. The Kier molecular flexibility index (Phi) is 5.40. The molecule has 1 heterocycles. The highest BCUT2D eigenvalue weighted by Crippen LogP contribution is 2.26. The van der Waals surface area contributed by atoms with Gasteiger partial charge < -0.3 is 20.3 Å². The molecule has 1 aliphatic rings. The van der Waals surface area contributed by atoms with E-state index < -0.39 is 11.7 Å². The van der Waals surface area contributed by atoms with Crippen LogP contribution in [0.3, 0.4) is 0 Å². The van der Waals surface area contributed by atoms with E-state index >= 15 is 0 Å². The molecule has 1 fully saturated rings. The Balaban J connectivity index is 1.52. The first kappa shape index (κ1) is 16.8. The Morgan fingerprint density at radius 1 is 1.12 bits per heavy atom. The number of hydrogen-bond donors (Lipinski definition) is 3. The molecule has 126 valence electrons. The minimum atomic E-state index is -0.815. The van der Waals surface area contributed by atoms with Gasteiger partial charge in [0, 0.05) is 0 Å². The van der Waals surface area contributed by atoms with Gasteiger partial charge in [-0.1, -0.05) is 54.2 Å². The van der Waals surface area contributed by atoms with Crippen LogP contribution in [0.5, 0.6) is 5.75 Å². The van der Waals surface area contributed by atoms with E-state index in [0.29, 0.717) is 12.2 Å². The van der Waals surface area contributed by atoms with Crippen LogP contribution in [0.1, 0.15) is 17.2 Å². The Labute approximate surface area is 144 Å². The third-order valence-corrected chi connectivity index (χ3v) is 4.87. The Morgan fingerprint density at radius 3 is 2.46 bits per heavy atom. The van der Waals surface area contributed by atoms with Gasteiger partial charge >= 0.3 is 0 Å². The van der Waals surface area contributed by atoms with Crippen molar-refractivity contribution in [2.45, 2.75) is 23.3 Å². The smallest absolute Gasteiger partial charge is 0.236 e. The molecular formula is C18H19NO4S. The van der Waals surface area contributed by atoms with Crippen molar-refractivity contribution >= 4 is 17.7 Å². The number of rotatable bonds is 6. The summed E-state index contributed by atoms with van der Waals surface area (Å²) < 4.78 is 5.61. The van der Waals surface area contributed by atoms with Gasteiger partial charge in [0.05, 0.1) is 5.25 Å². The van der Waals surface area contributed by atoms with Crippen LogP contribution in [0.2, 0.25) is 0 Å². The van der Waals surface area contributed by atoms with E-state index in [2.05, 4.69) is 5.32 Å². The molecule has 24 heavy (non-hydrogen) atoms. The van der Waals surface area contributed by atoms with Crippen LogP contribution in [0.15, 0.2) is 54.6 Å². The topological polar surface area (TPSA) is 78.8 Å². The van der Waals surface area contributed by atoms with Gasteiger partial charge in [0.1, 0.15) is 18.5 Å². The molecule has 0 bridgehead atoms. The maximum absolute atomic E-state index is 11.6. The monoisotopic (exact) mass is 345 g/mol. The number of benzene rings is 2. The lowest BCUT2D eigenvalue weighted by Crippen LogP contribution is -2.27. The quantitative estimate of drug-likeness (QED) is 0.745. The second kappa shape index (κ2) is 7.70. The predicted molar refractivity (Wildman–Crippen MR) is 92.6 cm³/mol. The van der Waals surface area contributed by atoms with Gasteiger partial charge in [0.15, 0.2) is 5.56 Å². The van der Waals surface area contributed by atoms with Crippen LogP contribution in [0.25, 0.3) is 0 Å². The van der Waals surface area contributed by atoms with E-state index in [-0.39, 0.29) is 17.8 Å². The summed E-state index contributed by atoms with van der Waals surface area (Å²) in [5.74, 6) is 0.524.